The molecule has 0 radical (unpaired) electrons. The Kier molecular flexibility index (Phi) is 6.80. The van der Waals surface area contributed by atoms with Gasteiger partial charge in [-0.3, -0.25) is 0 Å². The smallest absolute Gasteiger partial charge is 0.151 e. The first kappa shape index (κ1) is 19.4. The molecule has 1 heterocycles. The largest absolute Gasteiger partial charge is 0.388 e. The monoisotopic (exact) mass is 326 g/mol. The summed E-state index contributed by atoms with van der Waals surface area (Å²) in [5.41, 5.74) is 0. The van der Waals surface area contributed by atoms with E-state index in [0.29, 0.717) is 0 Å². The third-order valence-electron chi connectivity index (χ3n) is 3.76. The molecule has 1 fully saturated rings. The van der Waals surface area contributed by atoms with Gasteiger partial charge in [0.15, 0.2) is 6.29 Å². The van der Waals surface area contributed by atoms with Crippen LogP contribution in [0.2, 0.25) is 0 Å². The molecule has 0 spiro atoms. The predicted octanol–water partition coefficient (Wildman–Crippen LogP) is -5.14. The standard InChI is InChI=1S/C12H22O10/c1-3-5(15)7(17)10(20)12(22-3)11(21)9(19)8(18)6(16)4(14)2-13/h2-12,14-21H,1H3/t3-,4-,5-,6+,7+,8-,9-,10+,11?,12?/m0/s1. The van der Waals surface area contributed by atoms with Crippen LogP contribution in [0.25, 0.3) is 0 Å². The molecule has 1 saturated heterocycles. The van der Waals surface area contributed by atoms with Crippen LogP contribution in [0.3, 0.4) is 0 Å². The third-order valence-corrected chi connectivity index (χ3v) is 3.76. The second-order valence-electron chi connectivity index (χ2n) is 5.37. The van der Waals surface area contributed by atoms with Crippen LogP contribution in [0.15, 0.2) is 0 Å². The highest BCUT2D eigenvalue weighted by atomic mass is 16.5. The zero-order valence-corrected chi connectivity index (χ0v) is 11.7. The number of carbonyl (C=O) groups excluding carboxylic acids is 1. The first-order valence-electron chi connectivity index (χ1n) is 6.68. The van der Waals surface area contributed by atoms with Crippen LogP contribution < -0.4 is 0 Å². The van der Waals surface area contributed by atoms with Gasteiger partial charge in [0.25, 0.3) is 0 Å². The maximum Gasteiger partial charge on any atom is 0.151 e. The lowest BCUT2D eigenvalue weighted by Gasteiger charge is -2.42. The van der Waals surface area contributed by atoms with E-state index in [1.54, 1.807) is 0 Å². The molecule has 2 unspecified atom stereocenters. The van der Waals surface area contributed by atoms with E-state index in [2.05, 4.69) is 0 Å². The summed E-state index contributed by atoms with van der Waals surface area (Å²) in [6, 6.07) is 0. The zero-order chi connectivity index (χ0) is 17.2. The topological polar surface area (TPSA) is 188 Å². The van der Waals surface area contributed by atoms with Gasteiger partial charge in [-0.25, -0.2) is 0 Å². The van der Waals surface area contributed by atoms with Crippen molar-refractivity contribution in [2.75, 3.05) is 0 Å². The van der Waals surface area contributed by atoms with Gasteiger partial charge >= 0.3 is 0 Å². The fourth-order valence-corrected chi connectivity index (χ4v) is 2.25. The summed E-state index contributed by atoms with van der Waals surface area (Å²) in [5, 5.41) is 76.8. The summed E-state index contributed by atoms with van der Waals surface area (Å²) < 4.78 is 5.09. The molecule has 0 bridgehead atoms. The van der Waals surface area contributed by atoms with E-state index < -0.39 is 61.0 Å². The zero-order valence-electron chi connectivity index (χ0n) is 11.7. The van der Waals surface area contributed by atoms with Crippen molar-refractivity contribution in [3.05, 3.63) is 0 Å². The predicted molar refractivity (Wildman–Crippen MR) is 68.5 cm³/mol. The van der Waals surface area contributed by atoms with Crippen molar-refractivity contribution < 1.29 is 50.4 Å². The van der Waals surface area contributed by atoms with Crippen molar-refractivity contribution in [3.63, 3.8) is 0 Å². The minimum absolute atomic E-state index is 0.0683. The van der Waals surface area contributed by atoms with Gasteiger partial charge in [-0.15, -0.1) is 0 Å². The molecular formula is C12H22O10. The van der Waals surface area contributed by atoms with E-state index >= 15 is 0 Å². The molecule has 0 aromatic rings. The second-order valence-corrected chi connectivity index (χ2v) is 5.37. The van der Waals surface area contributed by atoms with Gasteiger partial charge < -0.3 is 50.4 Å². The molecule has 0 aromatic carbocycles. The number of aldehydes is 1. The molecule has 1 rings (SSSR count). The lowest BCUT2D eigenvalue weighted by molar-refractivity contribution is -0.255. The lowest BCUT2D eigenvalue weighted by Crippen LogP contribution is -2.63. The number of ether oxygens (including phenoxy) is 1. The summed E-state index contributed by atoms with van der Waals surface area (Å²) in [4.78, 5) is 10.3. The van der Waals surface area contributed by atoms with Gasteiger partial charge in [0.05, 0.1) is 6.10 Å². The minimum atomic E-state index is -2.12. The first-order valence-corrected chi connectivity index (χ1v) is 6.68. The highest BCUT2D eigenvalue weighted by molar-refractivity contribution is 5.56. The van der Waals surface area contributed by atoms with E-state index in [4.69, 9.17) is 9.84 Å². The van der Waals surface area contributed by atoms with Crippen LogP contribution in [0, 0.1) is 0 Å². The highest BCUT2D eigenvalue weighted by Crippen LogP contribution is 2.25. The van der Waals surface area contributed by atoms with Crippen molar-refractivity contribution in [2.24, 2.45) is 0 Å². The van der Waals surface area contributed by atoms with Gasteiger partial charge in [-0.05, 0) is 6.92 Å². The van der Waals surface area contributed by atoms with Crippen molar-refractivity contribution >= 4 is 6.29 Å². The molecule has 1 aliphatic rings. The maximum absolute atomic E-state index is 10.3. The van der Waals surface area contributed by atoms with Gasteiger partial charge in [0.2, 0.25) is 0 Å². The number of aliphatic hydroxyl groups is 8. The molecule has 10 heteroatoms. The number of hydrogen-bond donors (Lipinski definition) is 8. The summed E-state index contributed by atoms with van der Waals surface area (Å²) in [7, 11) is 0. The molecule has 0 aliphatic carbocycles. The average molecular weight is 326 g/mol. The molecule has 10 atom stereocenters. The Labute approximate surface area is 125 Å². The van der Waals surface area contributed by atoms with Crippen LogP contribution in [-0.4, -0.2) is 108 Å². The van der Waals surface area contributed by atoms with Crippen LogP contribution in [0.1, 0.15) is 6.92 Å². The van der Waals surface area contributed by atoms with Crippen LogP contribution in [-0.2, 0) is 9.53 Å². The van der Waals surface area contributed by atoms with Crippen molar-refractivity contribution in [1.82, 2.24) is 0 Å². The van der Waals surface area contributed by atoms with Crippen molar-refractivity contribution in [3.8, 4) is 0 Å². The van der Waals surface area contributed by atoms with E-state index in [1.807, 2.05) is 0 Å². The summed E-state index contributed by atoms with van der Waals surface area (Å²) >= 11 is 0. The van der Waals surface area contributed by atoms with Crippen molar-refractivity contribution in [1.29, 1.82) is 0 Å². The fraction of sp³-hybridized carbons (Fsp3) is 0.917. The molecule has 0 saturated carbocycles. The summed E-state index contributed by atoms with van der Waals surface area (Å²) in [6.07, 6.45) is -17.7. The van der Waals surface area contributed by atoms with Gasteiger partial charge in [-0.2, -0.15) is 0 Å². The molecule has 0 aromatic heterocycles. The second kappa shape index (κ2) is 7.73. The lowest BCUT2D eigenvalue weighted by atomic mass is 9.88. The van der Waals surface area contributed by atoms with Gasteiger partial charge in [0.1, 0.15) is 54.9 Å². The molecule has 22 heavy (non-hydrogen) atoms. The number of rotatable bonds is 6. The molecule has 1 aliphatic heterocycles. The minimum Gasteiger partial charge on any atom is -0.388 e. The number of carbonyl (C=O) groups is 1. The fourth-order valence-electron chi connectivity index (χ4n) is 2.25. The molecule has 8 N–H and O–H groups in total. The summed E-state index contributed by atoms with van der Waals surface area (Å²) in [5.74, 6) is 0. The Morgan fingerprint density at radius 1 is 0.864 bits per heavy atom. The van der Waals surface area contributed by atoms with E-state index in [0.717, 1.165) is 0 Å². The number of hydrogen-bond acceptors (Lipinski definition) is 10. The quantitative estimate of drug-likeness (QED) is 0.219. The van der Waals surface area contributed by atoms with Crippen LogP contribution in [0.5, 0.6) is 0 Å². The Morgan fingerprint density at radius 2 is 1.41 bits per heavy atom. The van der Waals surface area contributed by atoms with E-state index in [-0.39, 0.29) is 6.29 Å². The molecule has 10 nitrogen and oxygen atoms in total. The third kappa shape index (κ3) is 3.79. The summed E-state index contributed by atoms with van der Waals surface area (Å²) in [6.45, 7) is 1.35. The highest BCUT2D eigenvalue weighted by Gasteiger charge is 2.48. The molecule has 130 valence electrons. The normalized spacial score (nSPS) is 39.6. The Hall–Kier alpha value is -0.690. The Morgan fingerprint density at radius 3 is 1.91 bits per heavy atom. The average Bonchev–Trinajstić information content (AvgIpc) is 2.52. The van der Waals surface area contributed by atoms with Gasteiger partial charge in [0, 0.05) is 0 Å². The maximum atomic E-state index is 10.3. The van der Waals surface area contributed by atoms with E-state index in [9.17, 15) is 40.5 Å². The molecule has 0 amide bonds. The first-order chi connectivity index (χ1) is 10.1. The SMILES string of the molecule is C[C@@H]1OC(C(O)[C@@H](O)[C@@H](O)[C@H](O)[C@@H](O)C=O)[C@H](O)[C@H](O)[C@H]1O. The van der Waals surface area contributed by atoms with Crippen LogP contribution in [0.4, 0.5) is 0 Å². The molecular weight excluding hydrogens is 304 g/mol. The van der Waals surface area contributed by atoms with Crippen LogP contribution >= 0.6 is 0 Å². The Balaban J connectivity index is 2.81. The van der Waals surface area contributed by atoms with Gasteiger partial charge in [-0.1, -0.05) is 0 Å². The van der Waals surface area contributed by atoms with Crippen molar-refractivity contribution in [2.45, 2.75) is 68.0 Å². The van der Waals surface area contributed by atoms with E-state index in [1.165, 1.54) is 6.92 Å². The Bertz CT molecular complexity index is 366. The number of aliphatic hydroxyl groups excluding tert-OH is 8.